The van der Waals surface area contributed by atoms with Crippen LogP contribution in [-0.4, -0.2) is 11.0 Å². The summed E-state index contributed by atoms with van der Waals surface area (Å²) in [5, 5.41) is 0.279. The Kier molecular flexibility index (Phi) is 6.21. The van der Waals surface area contributed by atoms with Crippen LogP contribution in [0.3, 0.4) is 0 Å². The van der Waals surface area contributed by atoms with Crippen molar-refractivity contribution in [3.8, 4) is 0 Å². The second-order valence-electron chi connectivity index (χ2n) is 8.46. The fourth-order valence-electron chi connectivity index (χ4n) is 4.41. The van der Waals surface area contributed by atoms with E-state index in [4.69, 9.17) is 0 Å². The van der Waals surface area contributed by atoms with Crippen LogP contribution in [0.25, 0.3) is 0 Å². The van der Waals surface area contributed by atoms with Gasteiger partial charge in [-0.25, -0.2) is 0 Å². The molecule has 0 fully saturated rings. The number of carbonyl (C=O) groups is 2. The van der Waals surface area contributed by atoms with Gasteiger partial charge in [0, 0.05) is 16.4 Å². The number of rotatable bonds is 5. The molecule has 0 aliphatic rings. The Hall–Kier alpha value is -2.77. The quantitative estimate of drug-likeness (QED) is 0.432. The molecule has 0 radical (unpaired) electrons. The predicted octanol–water partition coefficient (Wildman–Crippen LogP) is 6.51. The van der Waals surface area contributed by atoms with E-state index in [1.54, 1.807) is 30.3 Å². The molecule has 1 atom stereocenters. The lowest BCUT2D eigenvalue weighted by molar-refractivity contribution is 0.104. The maximum absolute atomic E-state index is 14.6. The molecule has 4 heteroatoms. The molecule has 0 N–H and O–H groups in total. The Labute approximate surface area is 184 Å². The summed E-state index contributed by atoms with van der Waals surface area (Å²) in [5.74, 6) is 0. The number of carbonyl (C=O) groups excluding carboxylic acids is 2. The highest BCUT2D eigenvalue weighted by Gasteiger charge is 2.44. The molecule has 31 heavy (non-hydrogen) atoms. The monoisotopic (exact) mass is 432 g/mol. The molecule has 0 amide bonds. The van der Waals surface area contributed by atoms with Crippen LogP contribution >= 0.6 is 7.14 Å². The van der Waals surface area contributed by atoms with Gasteiger partial charge in [0.15, 0.2) is 0 Å². The van der Waals surface area contributed by atoms with E-state index < -0.39 is 18.2 Å². The lowest BCUT2D eigenvalue weighted by Crippen LogP contribution is -2.23. The SMILES string of the molecule is Cc1cc(C)c(C(=O)P(=O)(C(=O)c2c(C)cc(C)c(C)c2C)c2ccccc2)c(C)c1. The molecule has 0 saturated heterocycles. The predicted molar refractivity (Wildman–Crippen MR) is 128 cm³/mol. The first-order valence-electron chi connectivity index (χ1n) is 10.4. The van der Waals surface area contributed by atoms with Gasteiger partial charge in [-0.05, 0) is 81.8 Å². The molecular weight excluding hydrogens is 403 g/mol. The number of benzene rings is 3. The van der Waals surface area contributed by atoms with Crippen LogP contribution in [0.2, 0.25) is 0 Å². The van der Waals surface area contributed by atoms with Crippen LogP contribution < -0.4 is 5.30 Å². The van der Waals surface area contributed by atoms with E-state index in [0.717, 1.165) is 38.9 Å². The lowest BCUT2D eigenvalue weighted by atomic mass is 9.95. The van der Waals surface area contributed by atoms with Crippen molar-refractivity contribution in [3.05, 3.63) is 98.6 Å². The maximum atomic E-state index is 14.6. The standard InChI is InChI=1S/C27H29O3P/c1-16-13-18(3)24(19(4)14-16)26(28)31(30,23-11-9-8-10-12-23)27(29)25-20(5)15-17(2)21(6)22(25)7/h8-15H,1-7H3. The van der Waals surface area contributed by atoms with Crippen LogP contribution in [0.1, 0.15) is 59.7 Å². The largest absolute Gasteiger partial charge is 0.302 e. The third-order valence-electron chi connectivity index (χ3n) is 6.15. The highest BCUT2D eigenvalue weighted by Crippen LogP contribution is 2.52. The minimum atomic E-state index is -4.13. The zero-order chi connectivity index (χ0) is 23.1. The molecule has 0 bridgehead atoms. The number of hydrogen-bond donors (Lipinski definition) is 0. The fraction of sp³-hybridized carbons (Fsp3) is 0.259. The molecule has 0 spiro atoms. The van der Waals surface area contributed by atoms with E-state index in [0.29, 0.717) is 11.1 Å². The van der Waals surface area contributed by atoms with Gasteiger partial charge in [-0.3, -0.25) is 9.59 Å². The third kappa shape index (κ3) is 3.83. The molecule has 3 aromatic carbocycles. The maximum Gasteiger partial charge on any atom is 0.248 e. The topological polar surface area (TPSA) is 51.2 Å². The normalized spacial score (nSPS) is 13.0. The van der Waals surface area contributed by atoms with Gasteiger partial charge in [0.2, 0.25) is 18.2 Å². The minimum absolute atomic E-state index is 0.279. The van der Waals surface area contributed by atoms with Gasteiger partial charge in [0.25, 0.3) is 0 Å². The van der Waals surface area contributed by atoms with Crippen molar-refractivity contribution in [1.82, 2.24) is 0 Å². The molecule has 3 aromatic rings. The minimum Gasteiger partial charge on any atom is -0.302 e. The van der Waals surface area contributed by atoms with Crippen LogP contribution in [0.4, 0.5) is 0 Å². The fourth-order valence-corrected chi connectivity index (χ4v) is 6.98. The Bertz CT molecular complexity index is 1230. The lowest BCUT2D eigenvalue weighted by Gasteiger charge is -2.22. The van der Waals surface area contributed by atoms with Crippen molar-refractivity contribution < 1.29 is 14.2 Å². The third-order valence-corrected chi connectivity index (χ3v) is 8.77. The van der Waals surface area contributed by atoms with Crippen molar-refractivity contribution in [2.24, 2.45) is 0 Å². The summed E-state index contributed by atoms with van der Waals surface area (Å²) < 4.78 is 14.6. The highest BCUT2D eigenvalue weighted by atomic mass is 31.2. The summed E-state index contributed by atoms with van der Waals surface area (Å²) in [6.45, 7) is 13.3. The Morgan fingerprint density at radius 3 is 1.65 bits per heavy atom. The molecule has 0 saturated carbocycles. The average molecular weight is 433 g/mol. The molecule has 160 valence electrons. The van der Waals surface area contributed by atoms with E-state index in [2.05, 4.69) is 0 Å². The summed E-state index contributed by atoms with van der Waals surface area (Å²) in [5.41, 5.74) is 5.67. The van der Waals surface area contributed by atoms with Gasteiger partial charge in [0.05, 0.1) is 0 Å². The van der Waals surface area contributed by atoms with Crippen LogP contribution in [0.5, 0.6) is 0 Å². The van der Waals surface area contributed by atoms with Crippen LogP contribution in [-0.2, 0) is 4.57 Å². The first-order valence-corrected chi connectivity index (χ1v) is 12.1. The number of aryl methyl sites for hydroxylation is 5. The highest BCUT2D eigenvalue weighted by molar-refractivity contribution is 8.01. The first kappa shape index (κ1) is 22.9. The van der Waals surface area contributed by atoms with Crippen molar-refractivity contribution in [3.63, 3.8) is 0 Å². The van der Waals surface area contributed by atoms with Crippen LogP contribution in [0, 0.1) is 48.5 Å². The van der Waals surface area contributed by atoms with Gasteiger partial charge < -0.3 is 4.57 Å². The second kappa shape index (κ2) is 8.40. The summed E-state index contributed by atoms with van der Waals surface area (Å²) >= 11 is 0. The summed E-state index contributed by atoms with van der Waals surface area (Å²) in [6.07, 6.45) is 0. The zero-order valence-electron chi connectivity index (χ0n) is 19.3. The molecule has 0 aromatic heterocycles. The molecule has 1 unspecified atom stereocenters. The molecule has 3 rings (SSSR count). The Morgan fingerprint density at radius 2 is 1.10 bits per heavy atom. The van der Waals surface area contributed by atoms with Gasteiger partial charge in [-0.2, -0.15) is 0 Å². The van der Waals surface area contributed by atoms with Crippen LogP contribution in [0.15, 0.2) is 48.5 Å². The summed E-state index contributed by atoms with van der Waals surface area (Å²) in [6, 6.07) is 14.2. The van der Waals surface area contributed by atoms with Gasteiger partial charge in [0.1, 0.15) is 0 Å². The van der Waals surface area contributed by atoms with E-state index >= 15 is 0 Å². The van der Waals surface area contributed by atoms with Crippen molar-refractivity contribution in [2.75, 3.05) is 0 Å². The molecule has 0 aliphatic carbocycles. The molecule has 0 heterocycles. The van der Waals surface area contributed by atoms with E-state index in [-0.39, 0.29) is 5.30 Å². The van der Waals surface area contributed by atoms with E-state index in [1.165, 1.54) is 0 Å². The van der Waals surface area contributed by atoms with Gasteiger partial charge in [-0.1, -0.05) is 54.1 Å². The van der Waals surface area contributed by atoms with Gasteiger partial charge >= 0.3 is 0 Å². The number of hydrogen-bond acceptors (Lipinski definition) is 3. The molecular formula is C27H29O3P. The molecule has 0 aliphatic heterocycles. The molecule has 3 nitrogen and oxygen atoms in total. The van der Waals surface area contributed by atoms with Gasteiger partial charge in [-0.15, -0.1) is 0 Å². The van der Waals surface area contributed by atoms with E-state index in [9.17, 15) is 14.2 Å². The smallest absolute Gasteiger partial charge is 0.248 e. The first-order chi connectivity index (χ1) is 14.5. The van der Waals surface area contributed by atoms with Crippen molar-refractivity contribution in [1.29, 1.82) is 0 Å². The van der Waals surface area contributed by atoms with Crippen molar-refractivity contribution in [2.45, 2.75) is 48.5 Å². The summed E-state index contributed by atoms with van der Waals surface area (Å²) in [7, 11) is -4.13. The average Bonchev–Trinajstić information content (AvgIpc) is 2.71. The Balaban J connectivity index is 2.34. The summed E-state index contributed by atoms with van der Waals surface area (Å²) in [4.78, 5) is 27.9. The van der Waals surface area contributed by atoms with Crippen molar-refractivity contribution >= 4 is 23.5 Å². The van der Waals surface area contributed by atoms with E-state index in [1.807, 2.05) is 66.7 Å². The Morgan fingerprint density at radius 1 is 0.613 bits per heavy atom. The second-order valence-corrected chi connectivity index (χ2v) is 11.0. The zero-order valence-corrected chi connectivity index (χ0v) is 20.2.